The van der Waals surface area contributed by atoms with Gasteiger partial charge in [0.15, 0.2) is 0 Å². The molecule has 0 radical (unpaired) electrons. The van der Waals surface area contributed by atoms with Crippen LogP contribution in [0.2, 0.25) is 5.02 Å². The van der Waals surface area contributed by atoms with Crippen LogP contribution in [-0.2, 0) is 6.54 Å². The fourth-order valence-corrected chi connectivity index (χ4v) is 2.88. The van der Waals surface area contributed by atoms with Crippen molar-refractivity contribution >= 4 is 34.5 Å². The van der Waals surface area contributed by atoms with Crippen LogP contribution >= 0.6 is 22.9 Å². The second kappa shape index (κ2) is 6.24. The Labute approximate surface area is 127 Å². The zero-order valence-electron chi connectivity index (χ0n) is 11.6. The highest BCUT2D eigenvalue weighted by molar-refractivity contribution is 7.09. The Morgan fingerprint density at radius 1 is 1.50 bits per heavy atom. The summed E-state index contributed by atoms with van der Waals surface area (Å²) in [7, 11) is 3.56. The minimum atomic E-state index is -0.0651. The lowest BCUT2D eigenvalue weighted by molar-refractivity contribution is 0.0787. The van der Waals surface area contributed by atoms with Crippen molar-refractivity contribution in [1.29, 1.82) is 0 Å². The van der Waals surface area contributed by atoms with Crippen LogP contribution in [0.25, 0.3) is 0 Å². The molecule has 1 aromatic heterocycles. The van der Waals surface area contributed by atoms with Gasteiger partial charge in [0.05, 0.1) is 23.3 Å². The third-order valence-electron chi connectivity index (χ3n) is 3.05. The molecule has 0 unspecified atom stereocenters. The van der Waals surface area contributed by atoms with Gasteiger partial charge in [0.25, 0.3) is 5.91 Å². The van der Waals surface area contributed by atoms with Gasteiger partial charge >= 0.3 is 0 Å². The van der Waals surface area contributed by atoms with Gasteiger partial charge in [-0.25, -0.2) is 4.98 Å². The van der Waals surface area contributed by atoms with E-state index in [0.29, 0.717) is 17.1 Å². The largest absolute Gasteiger partial charge is 0.387 e. The summed E-state index contributed by atoms with van der Waals surface area (Å²) in [6.45, 7) is 2.49. The number of hydrogen-bond acceptors (Lipinski definition) is 4. The summed E-state index contributed by atoms with van der Waals surface area (Å²) in [6.07, 6.45) is 0. The number of carbonyl (C=O) groups excluding carboxylic acids is 1. The highest BCUT2D eigenvalue weighted by atomic mass is 35.5. The van der Waals surface area contributed by atoms with Gasteiger partial charge in [0.1, 0.15) is 0 Å². The average molecular weight is 310 g/mol. The van der Waals surface area contributed by atoms with Gasteiger partial charge in [0.2, 0.25) is 0 Å². The highest BCUT2D eigenvalue weighted by Crippen LogP contribution is 2.23. The van der Waals surface area contributed by atoms with Crippen molar-refractivity contribution in [3.8, 4) is 0 Å². The molecule has 106 valence electrons. The average Bonchev–Trinajstić information content (AvgIpc) is 2.83. The van der Waals surface area contributed by atoms with Crippen molar-refractivity contribution in [1.82, 2.24) is 9.88 Å². The predicted molar refractivity (Wildman–Crippen MR) is 83.6 cm³/mol. The van der Waals surface area contributed by atoms with Crippen molar-refractivity contribution in [2.24, 2.45) is 0 Å². The Balaban J connectivity index is 2.22. The number of aryl methyl sites for hydroxylation is 1. The molecule has 2 rings (SSSR count). The van der Waals surface area contributed by atoms with Gasteiger partial charge in [0, 0.05) is 29.7 Å². The van der Waals surface area contributed by atoms with Crippen LogP contribution in [0.4, 0.5) is 5.69 Å². The molecule has 1 N–H and O–H groups in total. The fourth-order valence-electron chi connectivity index (χ4n) is 1.88. The summed E-state index contributed by atoms with van der Waals surface area (Å²) in [5, 5.41) is 3.56. The molecule has 20 heavy (non-hydrogen) atoms. The number of amides is 1. The van der Waals surface area contributed by atoms with Crippen molar-refractivity contribution in [3.63, 3.8) is 0 Å². The number of thiazole rings is 1. The third-order valence-corrected chi connectivity index (χ3v) is 4.21. The Morgan fingerprint density at radius 3 is 2.85 bits per heavy atom. The van der Waals surface area contributed by atoms with Crippen LogP contribution in [0.15, 0.2) is 23.7 Å². The first kappa shape index (κ1) is 14.8. The van der Waals surface area contributed by atoms with Crippen LogP contribution in [0.1, 0.15) is 20.9 Å². The van der Waals surface area contributed by atoms with E-state index in [9.17, 15) is 4.79 Å². The first-order valence-corrected chi connectivity index (χ1v) is 7.40. The molecule has 4 nitrogen and oxygen atoms in total. The molecule has 0 atom stereocenters. The van der Waals surface area contributed by atoms with E-state index in [1.807, 2.05) is 6.92 Å². The highest BCUT2D eigenvalue weighted by Gasteiger charge is 2.17. The molecule has 0 aliphatic carbocycles. The molecule has 0 saturated carbocycles. The normalized spacial score (nSPS) is 10.4. The standard InChI is InChI=1S/C14H16ClN3OS/c1-9-13(20-8-17-9)7-18(3)14(19)11-6-10(15)4-5-12(11)16-2/h4-6,8,16H,7H2,1-3H3. The monoisotopic (exact) mass is 309 g/mol. The Bertz CT molecular complexity index is 627. The number of anilines is 1. The minimum absolute atomic E-state index is 0.0651. The maximum absolute atomic E-state index is 12.5. The zero-order chi connectivity index (χ0) is 14.7. The van der Waals surface area contributed by atoms with Crippen LogP contribution in [0.5, 0.6) is 0 Å². The molecule has 0 bridgehead atoms. The van der Waals surface area contributed by atoms with Crippen molar-refractivity contribution < 1.29 is 4.79 Å². The van der Waals surface area contributed by atoms with E-state index in [1.165, 1.54) is 0 Å². The summed E-state index contributed by atoms with van der Waals surface area (Å²) in [5.41, 5.74) is 4.10. The van der Waals surface area contributed by atoms with Crippen molar-refractivity contribution in [2.75, 3.05) is 19.4 Å². The summed E-state index contributed by atoms with van der Waals surface area (Å²) < 4.78 is 0. The third kappa shape index (κ3) is 3.11. The van der Waals surface area contributed by atoms with Crippen LogP contribution in [-0.4, -0.2) is 29.9 Å². The fraction of sp³-hybridized carbons (Fsp3) is 0.286. The number of rotatable bonds is 4. The van der Waals surface area contributed by atoms with Crippen LogP contribution in [0, 0.1) is 6.92 Å². The van der Waals surface area contributed by atoms with Gasteiger partial charge in [-0.3, -0.25) is 4.79 Å². The lowest BCUT2D eigenvalue weighted by Gasteiger charge is -2.18. The molecule has 1 aromatic carbocycles. The van der Waals surface area contributed by atoms with E-state index in [0.717, 1.165) is 16.3 Å². The molecule has 0 spiro atoms. The van der Waals surface area contributed by atoms with Crippen molar-refractivity contribution in [3.05, 3.63) is 44.9 Å². The number of nitrogens with one attached hydrogen (secondary N) is 1. The van der Waals surface area contributed by atoms with E-state index in [4.69, 9.17) is 11.6 Å². The number of carbonyl (C=O) groups is 1. The maximum atomic E-state index is 12.5. The summed E-state index contributed by atoms with van der Waals surface area (Å²) >= 11 is 7.54. The molecular weight excluding hydrogens is 294 g/mol. The molecule has 0 fully saturated rings. The number of nitrogens with zero attached hydrogens (tertiary/aromatic N) is 2. The quantitative estimate of drug-likeness (QED) is 0.941. The number of aromatic nitrogens is 1. The maximum Gasteiger partial charge on any atom is 0.256 e. The molecule has 0 aliphatic heterocycles. The molecule has 0 saturated heterocycles. The number of halogens is 1. The second-order valence-corrected chi connectivity index (χ2v) is 5.84. The van der Waals surface area contributed by atoms with Crippen LogP contribution in [0.3, 0.4) is 0 Å². The lowest BCUT2D eigenvalue weighted by Crippen LogP contribution is -2.26. The van der Waals surface area contributed by atoms with Crippen molar-refractivity contribution in [2.45, 2.75) is 13.5 Å². The molecule has 2 aromatic rings. The van der Waals surface area contributed by atoms with Gasteiger partial charge in [-0.2, -0.15) is 0 Å². The van der Waals surface area contributed by atoms with Gasteiger partial charge < -0.3 is 10.2 Å². The first-order chi connectivity index (χ1) is 9.52. The van der Waals surface area contributed by atoms with E-state index in [-0.39, 0.29) is 5.91 Å². The van der Waals surface area contributed by atoms with Gasteiger partial charge in [-0.05, 0) is 25.1 Å². The topological polar surface area (TPSA) is 45.2 Å². The Hall–Kier alpha value is -1.59. The molecule has 0 aliphatic rings. The molecule has 6 heteroatoms. The predicted octanol–water partition coefficient (Wildman–Crippen LogP) is 3.42. The van der Waals surface area contributed by atoms with E-state index in [1.54, 1.807) is 54.0 Å². The van der Waals surface area contributed by atoms with Gasteiger partial charge in [-0.15, -0.1) is 11.3 Å². The van der Waals surface area contributed by atoms with Gasteiger partial charge in [-0.1, -0.05) is 11.6 Å². The summed E-state index contributed by atoms with van der Waals surface area (Å²) in [5.74, 6) is -0.0651. The number of benzene rings is 1. The smallest absolute Gasteiger partial charge is 0.256 e. The van der Waals surface area contributed by atoms with Crippen LogP contribution < -0.4 is 5.32 Å². The van der Waals surface area contributed by atoms with E-state index < -0.39 is 0 Å². The molecule has 1 heterocycles. The molecule has 1 amide bonds. The summed E-state index contributed by atoms with van der Waals surface area (Å²) in [6, 6.07) is 5.25. The van der Waals surface area contributed by atoms with E-state index in [2.05, 4.69) is 10.3 Å². The van der Waals surface area contributed by atoms with E-state index >= 15 is 0 Å². The second-order valence-electron chi connectivity index (χ2n) is 4.46. The lowest BCUT2D eigenvalue weighted by atomic mass is 10.1. The Kier molecular flexibility index (Phi) is 4.62. The summed E-state index contributed by atoms with van der Waals surface area (Å²) in [4.78, 5) is 19.5. The first-order valence-electron chi connectivity index (χ1n) is 6.14. The Morgan fingerprint density at radius 2 is 2.25 bits per heavy atom. The minimum Gasteiger partial charge on any atom is -0.387 e. The zero-order valence-corrected chi connectivity index (χ0v) is 13.2. The molecular formula is C14H16ClN3OS. The number of hydrogen-bond donors (Lipinski definition) is 1. The SMILES string of the molecule is CNc1ccc(Cl)cc1C(=O)N(C)Cc1scnc1C.